The standard InChI is InChI=1S/C20H26N2O/c1-4-19(18-11-13-21-14-12-18)22(5-2)20(23)15-16(3)17-9-7-6-8-10-17/h6-14,16,19H,4-5,15H2,1-3H3. The highest BCUT2D eigenvalue weighted by Crippen LogP contribution is 2.27. The van der Waals surface area contributed by atoms with Gasteiger partial charge in [-0.05, 0) is 42.5 Å². The van der Waals surface area contributed by atoms with E-state index >= 15 is 0 Å². The second-order valence-corrected chi connectivity index (χ2v) is 5.90. The molecule has 0 radical (unpaired) electrons. The molecule has 1 aromatic heterocycles. The quantitative estimate of drug-likeness (QED) is 0.750. The Hall–Kier alpha value is -2.16. The summed E-state index contributed by atoms with van der Waals surface area (Å²) in [5.41, 5.74) is 2.37. The Morgan fingerprint density at radius 3 is 2.26 bits per heavy atom. The van der Waals surface area contributed by atoms with Crippen LogP contribution < -0.4 is 0 Å². The van der Waals surface area contributed by atoms with Crippen molar-refractivity contribution in [3.8, 4) is 0 Å². The van der Waals surface area contributed by atoms with Crippen LogP contribution in [0.1, 0.15) is 56.7 Å². The van der Waals surface area contributed by atoms with Gasteiger partial charge in [0.15, 0.2) is 0 Å². The molecular weight excluding hydrogens is 284 g/mol. The molecule has 3 heteroatoms. The maximum atomic E-state index is 12.8. The van der Waals surface area contributed by atoms with E-state index in [1.54, 1.807) is 12.4 Å². The molecule has 2 rings (SSSR count). The summed E-state index contributed by atoms with van der Waals surface area (Å²) in [5.74, 6) is 0.445. The molecule has 3 nitrogen and oxygen atoms in total. The van der Waals surface area contributed by atoms with Crippen LogP contribution in [0, 0.1) is 0 Å². The van der Waals surface area contributed by atoms with Gasteiger partial charge in [-0.2, -0.15) is 0 Å². The lowest BCUT2D eigenvalue weighted by Crippen LogP contribution is -2.35. The average molecular weight is 310 g/mol. The number of aromatic nitrogens is 1. The van der Waals surface area contributed by atoms with Crippen LogP contribution in [0.3, 0.4) is 0 Å². The van der Waals surface area contributed by atoms with Crippen molar-refractivity contribution in [2.24, 2.45) is 0 Å². The molecule has 0 saturated heterocycles. The monoisotopic (exact) mass is 310 g/mol. The minimum Gasteiger partial charge on any atom is -0.336 e. The summed E-state index contributed by atoms with van der Waals surface area (Å²) in [4.78, 5) is 18.9. The third kappa shape index (κ3) is 4.41. The Bertz CT molecular complexity index is 598. The van der Waals surface area contributed by atoms with E-state index in [9.17, 15) is 4.79 Å². The molecule has 0 bridgehead atoms. The summed E-state index contributed by atoms with van der Waals surface area (Å²) < 4.78 is 0. The van der Waals surface area contributed by atoms with Crippen LogP contribution in [0.2, 0.25) is 0 Å². The van der Waals surface area contributed by atoms with Gasteiger partial charge in [0.2, 0.25) is 5.91 Å². The molecule has 1 aromatic carbocycles. The van der Waals surface area contributed by atoms with E-state index < -0.39 is 0 Å². The highest BCUT2D eigenvalue weighted by Gasteiger charge is 2.24. The number of hydrogen-bond donors (Lipinski definition) is 0. The van der Waals surface area contributed by atoms with Gasteiger partial charge in [0.25, 0.3) is 0 Å². The van der Waals surface area contributed by atoms with E-state index in [4.69, 9.17) is 0 Å². The summed E-state index contributed by atoms with van der Waals surface area (Å²) in [5, 5.41) is 0. The number of rotatable bonds is 7. The van der Waals surface area contributed by atoms with E-state index in [0.717, 1.165) is 18.5 Å². The largest absolute Gasteiger partial charge is 0.336 e. The van der Waals surface area contributed by atoms with Gasteiger partial charge in [0.1, 0.15) is 0 Å². The summed E-state index contributed by atoms with van der Waals surface area (Å²) >= 11 is 0. The van der Waals surface area contributed by atoms with Gasteiger partial charge in [0.05, 0.1) is 6.04 Å². The topological polar surface area (TPSA) is 33.2 Å². The van der Waals surface area contributed by atoms with Crippen molar-refractivity contribution in [1.29, 1.82) is 0 Å². The first-order valence-corrected chi connectivity index (χ1v) is 8.41. The zero-order valence-corrected chi connectivity index (χ0v) is 14.3. The first-order valence-electron chi connectivity index (χ1n) is 8.41. The molecule has 1 heterocycles. The van der Waals surface area contributed by atoms with E-state index in [1.165, 1.54) is 5.56 Å². The summed E-state index contributed by atoms with van der Waals surface area (Å²) in [7, 11) is 0. The van der Waals surface area contributed by atoms with Crippen molar-refractivity contribution in [2.75, 3.05) is 6.54 Å². The van der Waals surface area contributed by atoms with Crippen molar-refractivity contribution in [1.82, 2.24) is 9.88 Å². The maximum Gasteiger partial charge on any atom is 0.223 e. The van der Waals surface area contributed by atoms with Crippen LogP contribution in [-0.2, 0) is 4.79 Å². The molecule has 122 valence electrons. The van der Waals surface area contributed by atoms with Crippen LogP contribution in [-0.4, -0.2) is 22.3 Å². The molecule has 23 heavy (non-hydrogen) atoms. The predicted octanol–water partition coefficient (Wildman–Crippen LogP) is 4.58. The summed E-state index contributed by atoms with van der Waals surface area (Å²) in [6, 6.07) is 14.4. The van der Waals surface area contributed by atoms with Crippen LogP contribution in [0.5, 0.6) is 0 Å². The molecule has 0 aliphatic carbocycles. The van der Waals surface area contributed by atoms with Crippen LogP contribution in [0.15, 0.2) is 54.9 Å². The zero-order valence-electron chi connectivity index (χ0n) is 14.3. The number of carbonyl (C=O) groups is 1. The van der Waals surface area contributed by atoms with Gasteiger partial charge in [-0.3, -0.25) is 9.78 Å². The van der Waals surface area contributed by atoms with Gasteiger partial charge in [-0.25, -0.2) is 0 Å². The van der Waals surface area contributed by atoms with Gasteiger partial charge >= 0.3 is 0 Å². The molecule has 0 aliphatic heterocycles. The van der Waals surface area contributed by atoms with Gasteiger partial charge < -0.3 is 4.90 Å². The summed E-state index contributed by atoms with van der Waals surface area (Å²) in [6.07, 6.45) is 5.04. The summed E-state index contributed by atoms with van der Waals surface area (Å²) in [6.45, 7) is 7.02. The Balaban J connectivity index is 2.11. The second kappa shape index (κ2) is 8.47. The molecule has 0 saturated carbocycles. The van der Waals surface area contributed by atoms with Crippen LogP contribution in [0.4, 0.5) is 0 Å². The fraction of sp³-hybridized carbons (Fsp3) is 0.400. The zero-order chi connectivity index (χ0) is 16.7. The van der Waals surface area contributed by atoms with Crippen LogP contribution in [0.25, 0.3) is 0 Å². The number of benzene rings is 1. The molecule has 0 fully saturated rings. The van der Waals surface area contributed by atoms with E-state index in [-0.39, 0.29) is 17.9 Å². The lowest BCUT2D eigenvalue weighted by molar-refractivity contribution is -0.133. The fourth-order valence-corrected chi connectivity index (χ4v) is 3.07. The predicted molar refractivity (Wildman–Crippen MR) is 94.1 cm³/mol. The third-order valence-corrected chi connectivity index (χ3v) is 4.36. The highest BCUT2D eigenvalue weighted by molar-refractivity contribution is 5.77. The fourth-order valence-electron chi connectivity index (χ4n) is 3.07. The lowest BCUT2D eigenvalue weighted by atomic mass is 9.96. The van der Waals surface area contributed by atoms with Crippen molar-refractivity contribution < 1.29 is 4.79 Å². The molecule has 2 aromatic rings. The van der Waals surface area contributed by atoms with Gasteiger partial charge in [-0.1, -0.05) is 44.2 Å². The van der Waals surface area contributed by atoms with Gasteiger partial charge in [-0.15, -0.1) is 0 Å². The van der Waals surface area contributed by atoms with Crippen molar-refractivity contribution in [3.05, 3.63) is 66.0 Å². The SMILES string of the molecule is CCC(c1ccncc1)N(CC)C(=O)CC(C)c1ccccc1. The Kier molecular flexibility index (Phi) is 6.33. The minimum atomic E-state index is 0.124. The lowest BCUT2D eigenvalue weighted by Gasteiger charge is -2.31. The third-order valence-electron chi connectivity index (χ3n) is 4.36. The number of carbonyl (C=O) groups excluding carboxylic acids is 1. The smallest absolute Gasteiger partial charge is 0.223 e. The van der Waals surface area contributed by atoms with Crippen molar-refractivity contribution >= 4 is 5.91 Å². The molecule has 1 amide bonds. The maximum absolute atomic E-state index is 12.8. The number of hydrogen-bond acceptors (Lipinski definition) is 2. The Morgan fingerprint density at radius 2 is 1.70 bits per heavy atom. The molecule has 0 aliphatic rings. The van der Waals surface area contributed by atoms with E-state index in [1.807, 2.05) is 35.2 Å². The minimum absolute atomic E-state index is 0.124. The van der Waals surface area contributed by atoms with E-state index in [0.29, 0.717) is 6.42 Å². The normalized spacial score (nSPS) is 13.3. The first-order chi connectivity index (χ1) is 11.2. The van der Waals surface area contributed by atoms with Crippen molar-refractivity contribution in [3.63, 3.8) is 0 Å². The average Bonchev–Trinajstić information content (AvgIpc) is 2.60. The van der Waals surface area contributed by atoms with Crippen molar-refractivity contribution in [2.45, 2.75) is 45.6 Å². The Labute approximate surface area is 139 Å². The molecule has 0 N–H and O–H groups in total. The highest BCUT2D eigenvalue weighted by atomic mass is 16.2. The van der Waals surface area contributed by atoms with Gasteiger partial charge in [0, 0.05) is 25.4 Å². The second-order valence-electron chi connectivity index (χ2n) is 5.90. The van der Waals surface area contributed by atoms with Crippen LogP contribution >= 0.6 is 0 Å². The molecule has 2 unspecified atom stereocenters. The number of pyridine rings is 1. The van der Waals surface area contributed by atoms with E-state index in [2.05, 4.69) is 37.9 Å². The molecule has 2 atom stereocenters. The number of nitrogens with zero attached hydrogens (tertiary/aromatic N) is 2. The molecular formula is C20H26N2O. The number of amides is 1. The first kappa shape index (κ1) is 17.2. The molecule has 0 spiro atoms. The Morgan fingerprint density at radius 1 is 1.04 bits per heavy atom.